The van der Waals surface area contributed by atoms with E-state index in [-0.39, 0.29) is 30.8 Å². The van der Waals surface area contributed by atoms with Crippen LogP contribution < -0.4 is 11.1 Å². The molecular formula is C19H33Cl2N3O2. The lowest BCUT2D eigenvalue weighted by Gasteiger charge is -2.17. The molecule has 0 spiro atoms. The van der Waals surface area contributed by atoms with Gasteiger partial charge in [-0.1, -0.05) is 31.7 Å². The van der Waals surface area contributed by atoms with Gasteiger partial charge in [0, 0.05) is 12.2 Å². The molecule has 2 heterocycles. The second-order valence-corrected chi connectivity index (χ2v) is 6.51. The zero-order chi connectivity index (χ0) is 17.2. The zero-order valence-corrected chi connectivity index (χ0v) is 17.3. The van der Waals surface area contributed by atoms with Crippen LogP contribution in [0.15, 0.2) is 12.1 Å². The number of aryl methyl sites for hydroxylation is 2. The third-order valence-electron chi connectivity index (χ3n) is 4.49. The molecule has 2 rings (SSSR count). The molecule has 5 nitrogen and oxygen atoms in total. The minimum atomic E-state index is -0.461. The third-order valence-corrected chi connectivity index (χ3v) is 4.49. The number of ether oxygens (including phenoxy) is 1. The maximum absolute atomic E-state index is 11.4. The molecular weight excluding hydrogens is 373 g/mol. The molecule has 0 bridgehead atoms. The molecule has 1 aliphatic rings. The van der Waals surface area contributed by atoms with Crippen molar-refractivity contribution in [1.29, 1.82) is 0 Å². The number of fused-ring (bicyclic) bond motifs is 1. The van der Waals surface area contributed by atoms with Gasteiger partial charge in [-0.05, 0) is 50.7 Å². The van der Waals surface area contributed by atoms with Gasteiger partial charge in [0.25, 0.3) is 0 Å². The number of rotatable bonds is 10. The standard InChI is InChI=1S/C19H31N3O2.2ClH/c1-2-24-19(23)17(20)11-7-5-3-4-6-10-16-13-12-15-9-8-14-21-18(15)22-16;;/h12-13,17H,2-11,14,20H2,1H3,(H,21,22);2*1H/t17-;;/m0../s1. The van der Waals surface area contributed by atoms with Gasteiger partial charge in [0.2, 0.25) is 0 Å². The molecule has 0 radical (unpaired) electrons. The summed E-state index contributed by atoms with van der Waals surface area (Å²) in [4.78, 5) is 16.1. The maximum atomic E-state index is 11.4. The Morgan fingerprint density at radius 2 is 1.96 bits per heavy atom. The van der Waals surface area contributed by atoms with E-state index < -0.39 is 6.04 Å². The fraction of sp³-hybridized carbons (Fsp3) is 0.684. The predicted molar refractivity (Wildman–Crippen MR) is 112 cm³/mol. The van der Waals surface area contributed by atoms with Crippen molar-refractivity contribution in [3.63, 3.8) is 0 Å². The highest BCUT2D eigenvalue weighted by molar-refractivity contribution is 5.85. The number of carbonyl (C=O) groups excluding carboxylic acids is 1. The van der Waals surface area contributed by atoms with Gasteiger partial charge < -0.3 is 15.8 Å². The number of anilines is 1. The Labute approximate surface area is 169 Å². The van der Waals surface area contributed by atoms with E-state index in [9.17, 15) is 4.79 Å². The van der Waals surface area contributed by atoms with Gasteiger partial charge in [-0.2, -0.15) is 0 Å². The molecule has 150 valence electrons. The van der Waals surface area contributed by atoms with Crippen molar-refractivity contribution in [3.8, 4) is 0 Å². The summed E-state index contributed by atoms with van der Waals surface area (Å²) in [6.07, 6.45) is 9.74. The first-order valence-electron chi connectivity index (χ1n) is 9.35. The number of nitrogens with one attached hydrogen (secondary N) is 1. The summed E-state index contributed by atoms with van der Waals surface area (Å²) in [5.74, 6) is 0.816. The smallest absolute Gasteiger partial charge is 0.322 e. The molecule has 0 unspecified atom stereocenters. The number of hydrogen-bond donors (Lipinski definition) is 2. The monoisotopic (exact) mass is 405 g/mol. The second kappa shape index (κ2) is 14.1. The van der Waals surface area contributed by atoms with E-state index in [1.54, 1.807) is 6.92 Å². The van der Waals surface area contributed by atoms with Crippen LogP contribution in [0.25, 0.3) is 0 Å². The average Bonchev–Trinajstić information content (AvgIpc) is 2.60. The Kier molecular flexibility index (Phi) is 13.5. The quantitative estimate of drug-likeness (QED) is 0.453. The van der Waals surface area contributed by atoms with E-state index in [1.807, 2.05) is 0 Å². The van der Waals surface area contributed by atoms with Crippen LogP contribution >= 0.6 is 24.8 Å². The van der Waals surface area contributed by atoms with Crippen LogP contribution in [0.5, 0.6) is 0 Å². The van der Waals surface area contributed by atoms with E-state index in [0.717, 1.165) is 50.9 Å². The molecule has 1 aliphatic heterocycles. The highest BCUT2D eigenvalue weighted by Crippen LogP contribution is 2.20. The van der Waals surface area contributed by atoms with Crippen LogP contribution in [0, 0.1) is 0 Å². The van der Waals surface area contributed by atoms with Crippen molar-refractivity contribution >= 4 is 36.6 Å². The first-order valence-corrected chi connectivity index (χ1v) is 9.35. The highest BCUT2D eigenvalue weighted by atomic mass is 35.5. The minimum Gasteiger partial charge on any atom is -0.465 e. The first kappa shape index (κ1) is 25.0. The molecule has 7 heteroatoms. The summed E-state index contributed by atoms with van der Waals surface area (Å²) in [5, 5.41) is 3.39. The summed E-state index contributed by atoms with van der Waals surface area (Å²) < 4.78 is 4.91. The number of halogens is 2. The van der Waals surface area contributed by atoms with Crippen LogP contribution in [0.2, 0.25) is 0 Å². The summed E-state index contributed by atoms with van der Waals surface area (Å²) in [5.41, 5.74) is 8.32. The number of pyridine rings is 1. The van der Waals surface area contributed by atoms with E-state index >= 15 is 0 Å². The van der Waals surface area contributed by atoms with Crippen molar-refractivity contribution in [1.82, 2.24) is 4.98 Å². The lowest BCUT2D eigenvalue weighted by atomic mass is 10.0. The van der Waals surface area contributed by atoms with Gasteiger partial charge in [-0.15, -0.1) is 24.8 Å². The third kappa shape index (κ3) is 8.56. The van der Waals surface area contributed by atoms with Crippen LogP contribution in [0.3, 0.4) is 0 Å². The number of carbonyl (C=O) groups is 1. The number of unbranched alkanes of at least 4 members (excludes halogenated alkanes) is 4. The lowest BCUT2D eigenvalue weighted by molar-refractivity contribution is -0.144. The van der Waals surface area contributed by atoms with Crippen LogP contribution in [0.4, 0.5) is 5.82 Å². The van der Waals surface area contributed by atoms with Crippen molar-refractivity contribution in [2.24, 2.45) is 5.73 Å². The van der Waals surface area contributed by atoms with Gasteiger partial charge in [-0.25, -0.2) is 4.98 Å². The summed E-state index contributed by atoms with van der Waals surface area (Å²) in [7, 11) is 0. The number of nitrogens with two attached hydrogens (primary N) is 1. The molecule has 0 amide bonds. The number of hydrogen-bond acceptors (Lipinski definition) is 5. The van der Waals surface area contributed by atoms with Crippen LogP contribution in [-0.4, -0.2) is 30.1 Å². The Morgan fingerprint density at radius 3 is 2.73 bits per heavy atom. The average molecular weight is 406 g/mol. The molecule has 1 aromatic rings. The molecule has 1 aromatic heterocycles. The summed E-state index contributed by atoms with van der Waals surface area (Å²) in [6.45, 7) is 3.24. The summed E-state index contributed by atoms with van der Waals surface area (Å²) in [6, 6.07) is 3.93. The van der Waals surface area contributed by atoms with Crippen molar-refractivity contribution < 1.29 is 9.53 Å². The molecule has 0 aromatic carbocycles. The topological polar surface area (TPSA) is 77.2 Å². The maximum Gasteiger partial charge on any atom is 0.322 e. The lowest BCUT2D eigenvalue weighted by Crippen LogP contribution is -2.32. The van der Waals surface area contributed by atoms with E-state index in [0.29, 0.717) is 6.61 Å². The van der Waals surface area contributed by atoms with Crippen molar-refractivity contribution in [2.45, 2.75) is 70.8 Å². The second-order valence-electron chi connectivity index (χ2n) is 6.51. The Morgan fingerprint density at radius 1 is 1.23 bits per heavy atom. The minimum absolute atomic E-state index is 0. The Hall–Kier alpha value is -1.04. The SMILES string of the molecule is CCOC(=O)[C@@H](N)CCCCCCCc1ccc2c(n1)NCCC2.Cl.Cl. The van der Waals surface area contributed by atoms with Gasteiger partial charge in [0.15, 0.2) is 0 Å². The largest absolute Gasteiger partial charge is 0.465 e. The molecule has 1 atom stereocenters. The predicted octanol–water partition coefficient (Wildman–Crippen LogP) is 4.06. The fourth-order valence-corrected chi connectivity index (χ4v) is 3.08. The summed E-state index contributed by atoms with van der Waals surface area (Å²) >= 11 is 0. The zero-order valence-electron chi connectivity index (χ0n) is 15.7. The fourth-order valence-electron chi connectivity index (χ4n) is 3.08. The Balaban J connectivity index is 0.00000312. The highest BCUT2D eigenvalue weighted by Gasteiger charge is 2.13. The molecule has 0 saturated heterocycles. The van der Waals surface area contributed by atoms with Gasteiger partial charge in [0.1, 0.15) is 11.9 Å². The normalized spacial score (nSPS) is 13.5. The van der Waals surface area contributed by atoms with Crippen molar-refractivity contribution in [3.05, 3.63) is 23.4 Å². The van der Waals surface area contributed by atoms with Gasteiger partial charge in [-0.3, -0.25) is 4.79 Å². The number of aromatic nitrogens is 1. The number of esters is 1. The molecule has 0 saturated carbocycles. The molecule has 26 heavy (non-hydrogen) atoms. The van der Waals surface area contributed by atoms with Crippen LogP contribution in [-0.2, 0) is 22.4 Å². The van der Waals surface area contributed by atoms with Crippen molar-refractivity contribution in [2.75, 3.05) is 18.5 Å². The molecule has 0 fully saturated rings. The van der Waals surface area contributed by atoms with Crippen LogP contribution in [0.1, 0.15) is 63.1 Å². The van der Waals surface area contributed by atoms with E-state index in [4.69, 9.17) is 15.5 Å². The first-order chi connectivity index (χ1) is 11.7. The van der Waals surface area contributed by atoms with E-state index in [2.05, 4.69) is 17.4 Å². The Bertz CT molecular complexity index is 530. The number of nitrogens with zero attached hydrogens (tertiary/aromatic N) is 1. The van der Waals surface area contributed by atoms with Gasteiger partial charge in [0.05, 0.1) is 6.61 Å². The molecule has 0 aliphatic carbocycles. The molecule has 3 N–H and O–H groups in total. The van der Waals surface area contributed by atoms with Gasteiger partial charge >= 0.3 is 5.97 Å². The van der Waals surface area contributed by atoms with E-state index in [1.165, 1.54) is 30.5 Å².